The van der Waals surface area contributed by atoms with Crippen molar-refractivity contribution in [3.63, 3.8) is 0 Å². The van der Waals surface area contributed by atoms with Crippen molar-refractivity contribution >= 4 is 35.0 Å². The third-order valence-electron chi connectivity index (χ3n) is 5.30. The SMILES string of the molecule is COC(=O)[C@H]1[C@@H]2C[C@@H]3CC[C@H]1N3C/C2=C\c1ccc(Cl)s1. The molecule has 0 N–H and O–H groups in total. The number of rotatable bonds is 2. The second-order valence-electron chi connectivity index (χ2n) is 6.22. The quantitative estimate of drug-likeness (QED) is 0.781. The Bertz CT molecular complexity index is 611. The number of methoxy groups -OCH3 is 1. The Morgan fingerprint density at radius 1 is 1.48 bits per heavy atom. The van der Waals surface area contributed by atoms with Crippen molar-refractivity contribution in [2.45, 2.75) is 31.3 Å². The summed E-state index contributed by atoms with van der Waals surface area (Å²) in [6.07, 6.45) is 5.70. The van der Waals surface area contributed by atoms with Gasteiger partial charge in [0.1, 0.15) is 0 Å². The molecule has 0 spiro atoms. The van der Waals surface area contributed by atoms with Crippen molar-refractivity contribution in [1.29, 1.82) is 0 Å². The van der Waals surface area contributed by atoms with Gasteiger partial charge < -0.3 is 4.74 Å². The molecule has 5 atom stereocenters. The molecule has 5 heteroatoms. The third kappa shape index (κ3) is 2.16. The zero-order valence-corrected chi connectivity index (χ0v) is 13.5. The molecule has 4 aliphatic rings. The maximum Gasteiger partial charge on any atom is 0.310 e. The van der Waals surface area contributed by atoms with E-state index in [2.05, 4.69) is 17.0 Å². The Morgan fingerprint density at radius 3 is 3.05 bits per heavy atom. The predicted octanol–water partition coefficient (Wildman–Crippen LogP) is 3.44. The fraction of sp³-hybridized carbons (Fsp3) is 0.562. The molecule has 4 bridgehead atoms. The second kappa shape index (κ2) is 5.11. The average molecular weight is 324 g/mol. The highest BCUT2D eigenvalue weighted by molar-refractivity contribution is 7.17. The summed E-state index contributed by atoms with van der Waals surface area (Å²) in [7, 11) is 1.51. The first kappa shape index (κ1) is 13.8. The van der Waals surface area contributed by atoms with Crippen LogP contribution >= 0.6 is 22.9 Å². The number of thiophene rings is 1. The Balaban J connectivity index is 1.69. The van der Waals surface area contributed by atoms with Gasteiger partial charge in [-0.1, -0.05) is 17.2 Å². The lowest BCUT2D eigenvalue weighted by atomic mass is 9.71. The monoisotopic (exact) mass is 323 g/mol. The second-order valence-corrected chi connectivity index (χ2v) is 7.97. The number of piperidine rings is 3. The molecule has 1 aromatic heterocycles. The highest BCUT2D eigenvalue weighted by Crippen LogP contribution is 2.51. The van der Waals surface area contributed by atoms with E-state index >= 15 is 0 Å². The normalized spacial score (nSPS) is 39.0. The van der Waals surface area contributed by atoms with E-state index in [1.807, 2.05) is 6.07 Å². The third-order valence-corrected chi connectivity index (χ3v) is 6.48. The lowest BCUT2D eigenvalue weighted by molar-refractivity contribution is -0.153. The standard InChI is InChI=1S/C16H18ClNO2S/c1-20-16(19)15-12-7-10-2-4-13(15)18(10)8-9(12)6-11-3-5-14(17)21-11/h3,5-6,10,12-13,15H,2,4,7-8H2,1H3/b9-6+/t10-,12+,13+,15-/m0/s1. The van der Waals surface area contributed by atoms with Crippen molar-refractivity contribution in [2.24, 2.45) is 11.8 Å². The van der Waals surface area contributed by atoms with Gasteiger partial charge >= 0.3 is 5.97 Å². The number of carbonyl (C=O) groups excluding carboxylic acids is 1. The van der Waals surface area contributed by atoms with Crippen LogP contribution in [0.2, 0.25) is 4.34 Å². The number of esters is 1. The average Bonchev–Trinajstić information content (AvgIpc) is 3.02. The van der Waals surface area contributed by atoms with Gasteiger partial charge in [0, 0.05) is 23.5 Å². The summed E-state index contributed by atoms with van der Waals surface area (Å²) in [5.41, 5.74) is 1.37. The molecule has 0 aromatic carbocycles. The molecular weight excluding hydrogens is 306 g/mol. The lowest BCUT2D eigenvalue weighted by Crippen LogP contribution is -2.58. The molecule has 4 aliphatic heterocycles. The lowest BCUT2D eigenvalue weighted by Gasteiger charge is -2.50. The molecular formula is C16H18ClNO2S. The molecule has 1 unspecified atom stereocenters. The van der Waals surface area contributed by atoms with Gasteiger partial charge in [0.15, 0.2) is 0 Å². The topological polar surface area (TPSA) is 29.5 Å². The molecule has 5 heterocycles. The number of hydrogen-bond donors (Lipinski definition) is 0. The van der Waals surface area contributed by atoms with Crippen LogP contribution in [0.3, 0.4) is 0 Å². The molecule has 5 rings (SSSR count). The van der Waals surface area contributed by atoms with E-state index in [1.54, 1.807) is 11.3 Å². The minimum atomic E-state index is -0.0369. The van der Waals surface area contributed by atoms with E-state index < -0.39 is 0 Å². The van der Waals surface area contributed by atoms with Gasteiger partial charge in [0.05, 0.1) is 17.4 Å². The Morgan fingerprint density at radius 2 is 2.33 bits per heavy atom. The molecule has 0 aliphatic carbocycles. The fourth-order valence-corrected chi connectivity index (χ4v) is 5.51. The minimum absolute atomic E-state index is 0.0178. The summed E-state index contributed by atoms with van der Waals surface area (Å²) in [6.45, 7) is 1.00. The fourth-order valence-electron chi connectivity index (χ4n) is 4.47. The predicted molar refractivity (Wildman–Crippen MR) is 84.4 cm³/mol. The van der Waals surface area contributed by atoms with Gasteiger partial charge in [0.2, 0.25) is 0 Å². The molecule has 1 aromatic rings. The number of halogens is 1. The molecule has 0 amide bonds. The van der Waals surface area contributed by atoms with Gasteiger partial charge in [-0.25, -0.2) is 0 Å². The van der Waals surface area contributed by atoms with E-state index in [-0.39, 0.29) is 11.9 Å². The first-order chi connectivity index (χ1) is 10.2. The van der Waals surface area contributed by atoms with Crippen LogP contribution in [0.1, 0.15) is 24.1 Å². The zero-order chi connectivity index (χ0) is 14.6. The molecule has 4 fully saturated rings. The van der Waals surface area contributed by atoms with Crippen LogP contribution in [0.5, 0.6) is 0 Å². The Kier molecular flexibility index (Phi) is 3.36. The summed E-state index contributed by atoms with van der Waals surface area (Å²) >= 11 is 7.62. The number of carbonyl (C=O) groups is 1. The van der Waals surface area contributed by atoms with Crippen LogP contribution in [-0.4, -0.2) is 36.6 Å². The zero-order valence-electron chi connectivity index (χ0n) is 11.9. The van der Waals surface area contributed by atoms with Crippen molar-refractivity contribution in [3.8, 4) is 0 Å². The molecule has 3 nitrogen and oxygen atoms in total. The highest BCUT2D eigenvalue weighted by Gasteiger charge is 2.55. The summed E-state index contributed by atoms with van der Waals surface area (Å²) in [6, 6.07) is 5.05. The van der Waals surface area contributed by atoms with Gasteiger partial charge in [-0.3, -0.25) is 9.69 Å². The van der Waals surface area contributed by atoms with E-state index in [4.69, 9.17) is 16.3 Å². The minimum Gasteiger partial charge on any atom is -0.469 e. The smallest absolute Gasteiger partial charge is 0.310 e. The number of hydrogen-bond acceptors (Lipinski definition) is 4. The molecule has 0 radical (unpaired) electrons. The summed E-state index contributed by atoms with van der Waals surface area (Å²) < 4.78 is 5.90. The van der Waals surface area contributed by atoms with E-state index in [1.165, 1.54) is 24.0 Å². The van der Waals surface area contributed by atoms with E-state index in [9.17, 15) is 4.79 Å². The van der Waals surface area contributed by atoms with Crippen LogP contribution in [0.25, 0.3) is 6.08 Å². The maximum absolute atomic E-state index is 12.3. The van der Waals surface area contributed by atoms with Crippen LogP contribution in [0.4, 0.5) is 0 Å². The van der Waals surface area contributed by atoms with Gasteiger partial charge in [-0.05, 0) is 43.4 Å². The maximum atomic E-state index is 12.3. The van der Waals surface area contributed by atoms with E-state index in [0.717, 1.165) is 23.7 Å². The van der Waals surface area contributed by atoms with Crippen LogP contribution in [0, 0.1) is 11.8 Å². The van der Waals surface area contributed by atoms with Crippen molar-refractivity contribution in [3.05, 3.63) is 26.9 Å². The van der Waals surface area contributed by atoms with E-state index in [0.29, 0.717) is 18.0 Å². The van der Waals surface area contributed by atoms with Gasteiger partial charge in [-0.2, -0.15) is 0 Å². The largest absolute Gasteiger partial charge is 0.469 e. The number of nitrogens with zero attached hydrogens (tertiary/aromatic N) is 1. The number of ether oxygens (including phenoxy) is 1. The van der Waals surface area contributed by atoms with Crippen LogP contribution in [-0.2, 0) is 9.53 Å². The first-order valence-electron chi connectivity index (χ1n) is 7.46. The Hall–Kier alpha value is -0.840. The molecule has 4 saturated heterocycles. The van der Waals surface area contributed by atoms with Gasteiger partial charge in [-0.15, -0.1) is 11.3 Å². The summed E-state index contributed by atoms with van der Waals surface area (Å²) in [5, 5.41) is 0. The highest BCUT2D eigenvalue weighted by atomic mass is 35.5. The van der Waals surface area contributed by atoms with Crippen molar-refractivity contribution in [1.82, 2.24) is 4.90 Å². The number of fused-ring (bicyclic) bond motifs is 1. The van der Waals surface area contributed by atoms with Crippen molar-refractivity contribution in [2.75, 3.05) is 13.7 Å². The molecule has 0 saturated carbocycles. The molecule has 21 heavy (non-hydrogen) atoms. The first-order valence-corrected chi connectivity index (χ1v) is 8.66. The summed E-state index contributed by atoms with van der Waals surface area (Å²) in [5.74, 6) is 0.329. The van der Waals surface area contributed by atoms with Crippen LogP contribution in [0.15, 0.2) is 17.7 Å². The van der Waals surface area contributed by atoms with Crippen LogP contribution < -0.4 is 0 Å². The van der Waals surface area contributed by atoms with Crippen molar-refractivity contribution < 1.29 is 9.53 Å². The summed E-state index contributed by atoms with van der Waals surface area (Å²) in [4.78, 5) is 16.0. The molecule has 112 valence electrons. The Labute approximate surface area is 133 Å². The van der Waals surface area contributed by atoms with Gasteiger partial charge in [0.25, 0.3) is 0 Å².